The summed E-state index contributed by atoms with van der Waals surface area (Å²) in [4.78, 5) is 12.0. The van der Waals surface area contributed by atoms with Gasteiger partial charge in [0.1, 0.15) is 5.54 Å². The number of nitrogens with one attached hydrogen (secondary N) is 2. The number of para-hydroxylation sites is 1. The Labute approximate surface area is 100 Å². The van der Waals surface area contributed by atoms with Crippen LogP contribution in [0.5, 0.6) is 0 Å². The van der Waals surface area contributed by atoms with E-state index in [-0.39, 0.29) is 5.91 Å². The van der Waals surface area contributed by atoms with Crippen molar-refractivity contribution in [2.45, 2.75) is 32.2 Å². The van der Waals surface area contributed by atoms with E-state index in [1.807, 2.05) is 32.0 Å². The molecule has 2 rings (SSSR count). The molecule has 0 aromatic heterocycles. The fourth-order valence-electron chi connectivity index (χ4n) is 2.04. The van der Waals surface area contributed by atoms with E-state index in [1.165, 1.54) is 0 Å². The minimum absolute atomic E-state index is 0.0206. The third-order valence-electron chi connectivity index (χ3n) is 3.27. The zero-order chi connectivity index (χ0) is 11.8. The van der Waals surface area contributed by atoms with E-state index < -0.39 is 5.54 Å². The van der Waals surface area contributed by atoms with Crippen LogP contribution in [0.3, 0.4) is 0 Å². The van der Waals surface area contributed by atoms with Gasteiger partial charge in [0.2, 0.25) is 5.91 Å². The lowest BCUT2D eigenvalue weighted by Gasteiger charge is -2.37. The molecule has 1 aliphatic heterocycles. The summed E-state index contributed by atoms with van der Waals surface area (Å²) in [6.45, 7) is 4.00. The maximum atomic E-state index is 12.0. The molecule has 1 aromatic carbocycles. The van der Waals surface area contributed by atoms with Crippen molar-refractivity contribution in [3.05, 3.63) is 23.2 Å². The normalized spacial score (nSPS) is 17.3. The van der Waals surface area contributed by atoms with Crippen LogP contribution in [0.1, 0.15) is 26.7 Å². The number of rotatable bonds is 2. The summed E-state index contributed by atoms with van der Waals surface area (Å²) in [6.07, 6.45) is 1.47. The number of benzene rings is 1. The first-order valence-corrected chi connectivity index (χ1v) is 5.89. The van der Waals surface area contributed by atoms with Gasteiger partial charge in [0.15, 0.2) is 0 Å². The van der Waals surface area contributed by atoms with E-state index in [9.17, 15) is 4.79 Å². The van der Waals surface area contributed by atoms with Crippen LogP contribution in [0.4, 0.5) is 11.4 Å². The summed E-state index contributed by atoms with van der Waals surface area (Å²) < 4.78 is 0. The molecule has 0 spiro atoms. The van der Waals surface area contributed by atoms with Gasteiger partial charge in [0, 0.05) is 0 Å². The highest BCUT2D eigenvalue weighted by atomic mass is 35.5. The van der Waals surface area contributed by atoms with E-state index in [2.05, 4.69) is 10.6 Å². The van der Waals surface area contributed by atoms with Gasteiger partial charge in [-0.05, 0) is 25.0 Å². The molecule has 1 aliphatic rings. The average Bonchev–Trinajstić information content (AvgIpc) is 2.29. The zero-order valence-corrected chi connectivity index (χ0v) is 10.2. The Bertz CT molecular complexity index is 427. The number of amides is 1. The van der Waals surface area contributed by atoms with Crippen LogP contribution >= 0.6 is 11.6 Å². The van der Waals surface area contributed by atoms with Crippen LogP contribution in [-0.2, 0) is 4.79 Å². The molecule has 1 aromatic rings. The molecule has 86 valence electrons. The number of fused-ring (bicyclic) bond motifs is 1. The molecular weight excluding hydrogens is 224 g/mol. The molecule has 0 fully saturated rings. The second-order valence-corrected chi connectivity index (χ2v) is 4.44. The van der Waals surface area contributed by atoms with E-state index in [0.29, 0.717) is 5.02 Å². The Hall–Kier alpha value is -1.22. The van der Waals surface area contributed by atoms with E-state index in [0.717, 1.165) is 24.2 Å². The van der Waals surface area contributed by atoms with Gasteiger partial charge in [0.25, 0.3) is 0 Å². The second kappa shape index (κ2) is 3.98. The number of hydrogen-bond donors (Lipinski definition) is 2. The largest absolute Gasteiger partial charge is 0.368 e. The summed E-state index contributed by atoms with van der Waals surface area (Å²) >= 11 is 6.12. The molecule has 0 aliphatic carbocycles. The van der Waals surface area contributed by atoms with Crippen LogP contribution in [0.25, 0.3) is 0 Å². The van der Waals surface area contributed by atoms with Crippen LogP contribution in [0.15, 0.2) is 18.2 Å². The Morgan fingerprint density at radius 2 is 2.00 bits per heavy atom. The predicted molar refractivity (Wildman–Crippen MR) is 67.0 cm³/mol. The summed E-state index contributed by atoms with van der Waals surface area (Å²) in [5, 5.41) is 6.83. The second-order valence-electron chi connectivity index (χ2n) is 4.03. The van der Waals surface area contributed by atoms with Gasteiger partial charge in [0.05, 0.1) is 16.4 Å². The molecule has 0 atom stereocenters. The Morgan fingerprint density at radius 3 is 2.62 bits per heavy atom. The highest BCUT2D eigenvalue weighted by Gasteiger charge is 2.39. The molecule has 0 unspecified atom stereocenters. The highest BCUT2D eigenvalue weighted by Crippen LogP contribution is 2.38. The number of anilines is 2. The maximum Gasteiger partial charge on any atom is 0.250 e. The minimum Gasteiger partial charge on any atom is -0.368 e. The maximum absolute atomic E-state index is 12.0. The molecule has 16 heavy (non-hydrogen) atoms. The number of carbonyl (C=O) groups excluding carboxylic acids is 1. The van der Waals surface area contributed by atoms with Crippen molar-refractivity contribution < 1.29 is 4.79 Å². The number of carbonyl (C=O) groups is 1. The Balaban J connectivity index is 2.48. The summed E-state index contributed by atoms with van der Waals surface area (Å²) in [5.74, 6) is 0.0206. The van der Waals surface area contributed by atoms with Crippen molar-refractivity contribution in [3.63, 3.8) is 0 Å². The lowest BCUT2D eigenvalue weighted by Crippen LogP contribution is -2.51. The molecule has 0 saturated heterocycles. The molecule has 0 radical (unpaired) electrons. The first kappa shape index (κ1) is 11.3. The van der Waals surface area contributed by atoms with Gasteiger partial charge in [-0.15, -0.1) is 0 Å². The molecule has 1 heterocycles. The predicted octanol–water partition coefficient (Wildman–Crippen LogP) is 3.26. The molecule has 0 bridgehead atoms. The fraction of sp³-hybridized carbons (Fsp3) is 0.417. The van der Waals surface area contributed by atoms with Gasteiger partial charge in [-0.2, -0.15) is 0 Å². The lowest BCUT2D eigenvalue weighted by atomic mass is 9.89. The highest BCUT2D eigenvalue weighted by molar-refractivity contribution is 6.34. The topological polar surface area (TPSA) is 41.1 Å². The van der Waals surface area contributed by atoms with Gasteiger partial charge in [-0.1, -0.05) is 31.5 Å². The Kier molecular flexibility index (Phi) is 2.80. The molecule has 2 N–H and O–H groups in total. The summed E-state index contributed by atoms with van der Waals surface area (Å²) in [5.41, 5.74) is 1.06. The van der Waals surface area contributed by atoms with Crippen LogP contribution in [0, 0.1) is 0 Å². The molecule has 1 amide bonds. The van der Waals surface area contributed by atoms with Crippen molar-refractivity contribution in [3.8, 4) is 0 Å². The average molecular weight is 239 g/mol. The third kappa shape index (κ3) is 1.55. The molecule has 0 saturated carbocycles. The molecule has 4 heteroatoms. The number of hydrogen-bond acceptors (Lipinski definition) is 2. The zero-order valence-electron chi connectivity index (χ0n) is 9.43. The lowest BCUT2D eigenvalue weighted by molar-refractivity contribution is -0.120. The molecular formula is C12H15ClN2O. The van der Waals surface area contributed by atoms with Crippen molar-refractivity contribution in [1.82, 2.24) is 0 Å². The van der Waals surface area contributed by atoms with Crippen LogP contribution < -0.4 is 10.6 Å². The van der Waals surface area contributed by atoms with Crippen molar-refractivity contribution in [2.75, 3.05) is 10.6 Å². The van der Waals surface area contributed by atoms with Crippen LogP contribution in [0.2, 0.25) is 5.02 Å². The first-order valence-electron chi connectivity index (χ1n) is 5.51. The van der Waals surface area contributed by atoms with Gasteiger partial charge < -0.3 is 10.6 Å². The minimum atomic E-state index is -0.530. The van der Waals surface area contributed by atoms with E-state index in [1.54, 1.807) is 0 Å². The monoisotopic (exact) mass is 238 g/mol. The van der Waals surface area contributed by atoms with Gasteiger partial charge >= 0.3 is 0 Å². The quantitative estimate of drug-likeness (QED) is 0.830. The van der Waals surface area contributed by atoms with Gasteiger partial charge in [-0.3, -0.25) is 4.79 Å². The van der Waals surface area contributed by atoms with E-state index in [4.69, 9.17) is 11.6 Å². The first-order chi connectivity index (χ1) is 7.63. The van der Waals surface area contributed by atoms with E-state index >= 15 is 0 Å². The van der Waals surface area contributed by atoms with Gasteiger partial charge in [-0.25, -0.2) is 0 Å². The van der Waals surface area contributed by atoms with Crippen molar-refractivity contribution in [1.29, 1.82) is 0 Å². The third-order valence-corrected chi connectivity index (χ3v) is 3.58. The summed E-state index contributed by atoms with van der Waals surface area (Å²) in [7, 11) is 0. The summed E-state index contributed by atoms with van der Waals surface area (Å²) in [6, 6.07) is 5.50. The molecule has 3 nitrogen and oxygen atoms in total. The standard InChI is InChI=1S/C12H15ClN2O/c1-3-12(4-2)11(16)14-9-7-5-6-8(13)10(9)15-12/h5-7,15H,3-4H2,1-2H3,(H,14,16). The van der Waals surface area contributed by atoms with Crippen molar-refractivity contribution >= 4 is 28.9 Å². The smallest absolute Gasteiger partial charge is 0.250 e. The Morgan fingerprint density at radius 1 is 1.31 bits per heavy atom. The fourth-order valence-corrected chi connectivity index (χ4v) is 2.26. The number of halogens is 1. The van der Waals surface area contributed by atoms with Crippen molar-refractivity contribution in [2.24, 2.45) is 0 Å². The van der Waals surface area contributed by atoms with Crippen LogP contribution in [-0.4, -0.2) is 11.4 Å². The SMILES string of the molecule is CCC1(CC)Nc2c(Cl)cccc2NC1=O.